The number of hydrogen-bond acceptors (Lipinski definition) is 2. The van der Waals surface area contributed by atoms with E-state index in [-0.39, 0.29) is 40.7 Å². The van der Waals surface area contributed by atoms with Crippen molar-refractivity contribution in [3.63, 3.8) is 0 Å². The highest BCUT2D eigenvalue weighted by Crippen LogP contribution is 2.69. The van der Waals surface area contributed by atoms with E-state index >= 15 is 0 Å². The summed E-state index contributed by atoms with van der Waals surface area (Å²) in [5.41, 5.74) is 4.56. The fourth-order valence-corrected chi connectivity index (χ4v) is 6.68. The average Bonchev–Trinajstić information content (AvgIpc) is 3.07. The zero-order chi connectivity index (χ0) is 21.6. The fourth-order valence-electron chi connectivity index (χ4n) is 6.68. The van der Waals surface area contributed by atoms with E-state index < -0.39 is 42.1 Å². The number of rotatable bonds is 3. The summed E-state index contributed by atoms with van der Waals surface area (Å²) < 4.78 is 66.8. The zero-order valence-corrected chi connectivity index (χ0v) is 16.0. The Morgan fingerprint density at radius 2 is 1.67 bits per heavy atom. The molecule has 0 spiro atoms. The van der Waals surface area contributed by atoms with Crippen LogP contribution in [0.15, 0.2) is 18.2 Å². The van der Waals surface area contributed by atoms with Crippen LogP contribution in [0.25, 0.3) is 0 Å². The lowest BCUT2D eigenvalue weighted by molar-refractivity contribution is -0.137. The van der Waals surface area contributed by atoms with Gasteiger partial charge >= 0.3 is 6.18 Å². The van der Waals surface area contributed by atoms with Crippen LogP contribution < -0.4 is 5.73 Å². The van der Waals surface area contributed by atoms with Crippen LogP contribution in [0.2, 0.25) is 0 Å². The first-order valence-electron chi connectivity index (χ1n) is 10.1. The topological polar surface area (TPSA) is 63.4 Å². The molecule has 2 unspecified atom stereocenters. The maximum Gasteiger partial charge on any atom is 0.416 e. The van der Waals surface area contributed by atoms with E-state index in [1.807, 2.05) is 0 Å². The first kappa shape index (κ1) is 19.8. The molecular weight excluding hydrogens is 407 g/mol. The maximum atomic E-state index is 13.4. The molecule has 6 rings (SSSR count). The van der Waals surface area contributed by atoms with E-state index in [1.165, 1.54) is 0 Å². The third kappa shape index (κ3) is 2.69. The molecule has 162 valence electrons. The Morgan fingerprint density at radius 1 is 1.07 bits per heavy atom. The van der Waals surface area contributed by atoms with Crippen molar-refractivity contribution >= 4 is 11.8 Å². The molecule has 2 atom stereocenters. The van der Waals surface area contributed by atoms with Crippen molar-refractivity contribution < 1.29 is 31.5 Å². The van der Waals surface area contributed by atoms with Gasteiger partial charge in [-0.25, -0.2) is 8.78 Å². The van der Waals surface area contributed by atoms with E-state index in [0.29, 0.717) is 25.7 Å². The summed E-state index contributed by atoms with van der Waals surface area (Å²) in [6.45, 7) is -1.45. The number of nitrogens with two attached hydrogens (primary N) is 1. The second-order valence-electron chi connectivity index (χ2n) is 9.46. The molecule has 2 N–H and O–H groups in total. The SMILES string of the molecule is NC(=O)C12CC3CC1CC(C2)C3c1cc(C(F)(F)F)ccc1C(=O)N1CC(F)(F)C1. The van der Waals surface area contributed by atoms with Crippen molar-refractivity contribution in [3.8, 4) is 0 Å². The van der Waals surface area contributed by atoms with Gasteiger partial charge in [-0.15, -0.1) is 0 Å². The lowest BCUT2D eigenvalue weighted by atomic mass is 9.65. The van der Waals surface area contributed by atoms with Crippen LogP contribution in [0.4, 0.5) is 22.0 Å². The van der Waals surface area contributed by atoms with Crippen LogP contribution in [0.3, 0.4) is 0 Å². The van der Waals surface area contributed by atoms with Crippen LogP contribution >= 0.6 is 0 Å². The molecule has 1 aromatic rings. The van der Waals surface area contributed by atoms with Crippen LogP contribution in [0, 0.1) is 23.2 Å². The number of amides is 2. The predicted molar refractivity (Wildman–Crippen MR) is 95.6 cm³/mol. The Morgan fingerprint density at radius 3 is 2.13 bits per heavy atom. The third-order valence-electron chi connectivity index (χ3n) is 7.82. The monoisotopic (exact) mass is 428 g/mol. The van der Waals surface area contributed by atoms with Crippen molar-refractivity contribution in [2.75, 3.05) is 13.1 Å². The van der Waals surface area contributed by atoms with Crippen molar-refractivity contribution in [2.24, 2.45) is 28.9 Å². The van der Waals surface area contributed by atoms with Gasteiger partial charge in [0.05, 0.1) is 24.1 Å². The van der Waals surface area contributed by atoms with Crippen LogP contribution in [-0.4, -0.2) is 35.7 Å². The van der Waals surface area contributed by atoms with Crippen molar-refractivity contribution in [1.82, 2.24) is 4.90 Å². The van der Waals surface area contributed by atoms with Gasteiger partial charge in [-0.05, 0) is 73.1 Å². The van der Waals surface area contributed by atoms with Crippen LogP contribution in [0.1, 0.15) is 53.1 Å². The van der Waals surface area contributed by atoms with E-state index in [9.17, 15) is 31.5 Å². The standard InChI is InChI=1S/C21H21F5N2O2/c22-20(23)8-28(9-20)17(29)14-2-1-12(21(24,25)26)5-15(14)16-10-3-13-4-11(16)7-19(13,6-10)18(27)30/h1-2,5,10-11,13,16H,3-4,6-9H2,(H2,27,30). The molecule has 9 heteroatoms. The minimum atomic E-state index is -4.58. The molecule has 5 fully saturated rings. The molecule has 1 heterocycles. The first-order chi connectivity index (χ1) is 13.9. The summed E-state index contributed by atoms with van der Waals surface area (Å²) in [6.07, 6.45) is -2.17. The predicted octanol–water partition coefficient (Wildman–Crippen LogP) is 3.80. The highest BCUT2D eigenvalue weighted by atomic mass is 19.4. The molecule has 5 aliphatic rings. The summed E-state index contributed by atoms with van der Waals surface area (Å²) in [5.74, 6) is -4.21. The molecule has 1 saturated heterocycles. The maximum absolute atomic E-state index is 13.4. The van der Waals surface area contributed by atoms with Crippen LogP contribution in [-0.2, 0) is 11.0 Å². The number of likely N-dealkylation sites (tertiary alicyclic amines) is 1. The number of primary amides is 1. The Kier molecular flexibility index (Phi) is 3.91. The molecule has 4 aliphatic carbocycles. The van der Waals surface area contributed by atoms with Gasteiger partial charge in [-0.2, -0.15) is 13.2 Å². The third-order valence-corrected chi connectivity index (χ3v) is 7.82. The molecule has 4 nitrogen and oxygen atoms in total. The summed E-state index contributed by atoms with van der Waals surface area (Å²) in [4.78, 5) is 26.0. The van der Waals surface area contributed by atoms with Crippen molar-refractivity contribution in [1.29, 1.82) is 0 Å². The normalized spacial score (nSPS) is 36.1. The zero-order valence-electron chi connectivity index (χ0n) is 16.0. The Labute approximate surface area is 169 Å². The van der Waals surface area contributed by atoms with E-state index in [4.69, 9.17) is 5.73 Å². The minimum Gasteiger partial charge on any atom is -0.369 e. The molecule has 0 aromatic heterocycles. The molecule has 1 aliphatic heterocycles. The summed E-state index contributed by atoms with van der Waals surface area (Å²) >= 11 is 0. The summed E-state index contributed by atoms with van der Waals surface area (Å²) in [6, 6.07) is 2.97. The molecular formula is C21H21F5N2O2. The second kappa shape index (κ2) is 5.95. The smallest absolute Gasteiger partial charge is 0.369 e. The van der Waals surface area contributed by atoms with Gasteiger partial charge in [-0.3, -0.25) is 9.59 Å². The highest BCUT2D eigenvalue weighted by Gasteiger charge is 2.64. The van der Waals surface area contributed by atoms with Crippen molar-refractivity contribution in [2.45, 2.75) is 43.7 Å². The number of nitrogens with zero attached hydrogens (tertiary/aromatic N) is 1. The molecule has 1 aromatic carbocycles. The number of hydrogen-bond donors (Lipinski definition) is 1. The van der Waals surface area contributed by atoms with Gasteiger partial charge in [-0.1, -0.05) is 0 Å². The quantitative estimate of drug-likeness (QED) is 0.745. The first-order valence-corrected chi connectivity index (χ1v) is 10.1. The Hall–Kier alpha value is -2.19. The van der Waals surface area contributed by atoms with Gasteiger partial charge in [0.2, 0.25) is 5.91 Å². The number of benzene rings is 1. The number of carbonyl (C=O) groups excluding carboxylic acids is 2. The van der Waals surface area contributed by atoms with Gasteiger partial charge in [0, 0.05) is 5.56 Å². The Balaban J connectivity index is 1.54. The number of halogens is 5. The minimum absolute atomic E-state index is 0.0390. The molecule has 30 heavy (non-hydrogen) atoms. The van der Waals surface area contributed by atoms with E-state index in [2.05, 4.69) is 0 Å². The fraction of sp³-hybridized carbons (Fsp3) is 0.619. The highest BCUT2D eigenvalue weighted by molar-refractivity contribution is 5.96. The summed E-state index contributed by atoms with van der Waals surface area (Å²) in [7, 11) is 0. The summed E-state index contributed by atoms with van der Waals surface area (Å²) in [5, 5.41) is 0. The number of carbonyl (C=O) groups is 2. The molecule has 0 radical (unpaired) electrons. The van der Waals surface area contributed by atoms with Gasteiger partial charge in [0.25, 0.3) is 11.8 Å². The number of alkyl halides is 5. The van der Waals surface area contributed by atoms with Crippen molar-refractivity contribution in [3.05, 3.63) is 34.9 Å². The molecule has 4 saturated carbocycles. The van der Waals surface area contributed by atoms with Crippen LogP contribution in [0.5, 0.6) is 0 Å². The average molecular weight is 428 g/mol. The molecule has 2 amide bonds. The van der Waals surface area contributed by atoms with E-state index in [1.54, 1.807) is 0 Å². The van der Waals surface area contributed by atoms with Gasteiger partial charge < -0.3 is 10.6 Å². The van der Waals surface area contributed by atoms with E-state index in [0.717, 1.165) is 23.1 Å². The lowest BCUT2D eigenvalue weighted by Crippen LogP contribution is -2.58. The second-order valence-corrected chi connectivity index (χ2v) is 9.46. The lowest BCUT2D eigenvalue weighted by Gasteiger charge is -2.41. The van der Waals surface area contributed by atoms with Gasteiger partial charge in [0.15, 0.2) is 0 Å². The Bertz CT molecular complexity index is 920. The largest absolute Gasteiger partial charge is 0.416 e. The van der Waals surface area contributed by atoms with Gasteiger partial charge in [0.1, 0.15) is 0 Å². The molecule has 4 bridgehead atoms.